The van der Waals surface area contributed by atoms with Crippen molar-refractivity contribution in [3.05, 3.63) is 39.8 Å². The van der Waals surface area contributed by atoms with Crippen molar-refractivity contribution in [2.45, 2.75) is 6.42 Å². The van der Waals surface area contributed by atoms with Crippen LogP contribution >= 0.6 is 0 Å². The van der Waals surface area contributed by atoms with E-state index in [0.29, 0.717) is 29.8 Å². The Balaban J connectivity index is 2.87. The van der Waals surface area contributed by atoms with Gasteiger partial charge in [0.1, 0.15) is 11.3 Å². The van der Waals surface area contributed by atoms with E-state index in [9.17, 15) is 4.79 Å². The van der Waals surface area contributed by atoms with Crippen molar-refractivity contribution in [2.75, 3.05) is 20.8 Å². The Morgan fingerprint density at radius 2 is 2.26 bits per heavy atom. The molecule has 0 unspecified atom stereocenters. The van der Waals surface area contributed by atoms with Crippen LogP contribution in [0.4, 0.5) is 0 Å². The lowest BCUT2D eigenvalue weighted by Gasteiger charge is -2.06. The average Bonchev–Trinajstić information content (AvgIpc) is 2.46. The van der Waals surface area contributed by atoms with E-state index in [1.165, 1.54) is 14.2 Å². The first-order chi connectivity index (χ1) is 9.22. The second-order valence-corrected chi connectivity index (χ2v) is 3.41. The number of methoxy groups -OCH3 is 2. The fourth-order valence-electron chi connectivity index (χ4n) is 1.36. The van der Waals surface area contributed by atoms with Gasteiger partial charge in [-0.2, -0.15) is 0 Å². The number of benzene rings is 1. The summed E-state index contributed by atoms with van der Waals surface area (Å²) in [5, 5.41) is 3.38. The van der Waals surface area contributed by atoms with E-state index in [1.807, 2.05) is 0 Å². The number of rotatable bonds is 4. The van der Waals surface area contributed by atoms with Crippen LogP contribution in [-0.2, 0) is 4.74 Å². The molecule has 0 aliphatic carbocycles. The summed E-state index contributed by atoms with van der Waals surface area (Å²) in [5.74, 6) is 5.71. The number of carbonyl (C=O) groups excluding carboxylic acids is 1. The van der Waals surface area contributed by atoms with E-state index in [4.69, 9.17) is 10.3 Å². The zero-order valence-corrected chi connectivity index (χ0v) is 10.7. The Morgan fingerprint density at radius 3 is 2.89 bits per heavy atom. The second-order valence-electron chi connectivity index (χ2n) is 3.41. The van der Waals surface area contributed by atoms with Gasteiger partial charge in [0, 0.05) is 23.4 Å². The summed E-state index contributed by atoms with van der Waals surface area (Å²) >= 11 is 0. The molecule has 1 rings (SSSR count). The maximum absolute atomic E-state index is 11.5. The predicted molar refractivity (Wildman–Crippen MR) is 69.8 cm³/mol. The van der Waals surface area contributed by atoms with Crippen LogP contribution in [0.3, 0.4) is 0 Å². The van der Waals surface area contributed by atoms with Gasteiger partial charge in [0.15, 0.2) is 0 Å². The zero-order chi connectivity index (χ0) is 14.1. The molecule has 19 heavy (non-hydrogen) atoms. The molecule has 0 heterocycles. The summed E-state index contributed by atoms with van der Waals surface area (Å²) in [6.45, 7) is 0.334. The minimum absolute atomic E-state index is 0.334. The quantitative estimate of drug-likeness (QED) is 0.208. The number of hydrogen-bond acceptors (Lipinski definition) is 4. The molecule has 0 spiro atoms. The number of esters is 1. The average molecular weight is 259 g/mol. The second kappa shape index (κ2) is 7.64. The summed E-state index contributed by atoms with van der Waals surface area (Å²) in [4.78, 5) is 14.1. The third-order valence-electron chi connectivity index (χ3n) is 2.24. The van der Waals surface area contributed by atoms with E-state index in [-0.39, 0.29) is 0 Å². The number of azide groups is 1. The van der Waals surface area contributed by atoms with Crippen molar-refractivity contribution in [2.24, 2.45) is 5.11 Å². The van der Waals surface area contributed by atoms with Crippen LogP contribution in [0.5, 0.6) is 5.75 Å². The molecular weight excluding hydrogens is 246 g/mol. The van der Waals surface area contributed by atoms with Crippen molar-refractivity contribution >= 4 is 5.97 Å². The first-order valence-electron chi connectivity index (χ1n) is 5.49. The van der Waals surface area contributed by atoms with Gasteiger partial charge in [-0.3, -0.25) is 0 Å². The molecule has 0 saturated carbocycles. The number of carbonyl (C=O) groups is 1. The van der Waals surface area contributed by atoms with Gasteiger partial charge in [0.25, 0.3) is 0 Å². The van der Waals surface area contributed by atoms with Crippen molar-refractivity contribution in [3.8, 4) is 17.6 Å². The Kier molecular flexibility index (Phi) is 5.80. The molecular formula is C13H13N3O3. The van der Waals surface area contributed by atoms with Crippen LogP contribution in [0, 0.1) is 11.8 Å². The third-order valence-corrected chi connectivity index (χ3v) is 2.24. The van der Waals surface area contributed by atoms with E-state index in [1.54, 1.807) is 18.2 Å². The largest absolute Gasteiger partial charge is 0.496 e. The monoisotopic (exact) mass is 259 g/mol. The third kappa shape index (κ3) is 4.26. The highest BCUT2D eigenvalue weighted by Gasteiger charge is 2.12. The van der Waals surface area contributed by atoms with Crippen LogP contribution in [0.15, 0.2) is 23.3 Å². The van der Waals surface area contributed by atoms with Gasteiger partial charge in [0.05, 0.1) is 14.2 Å². The van der Waals surface area contributed by atoms with Gasteiger partial charge in [0.2, 0.25) is 0 Å². The van der Waals surface area contributed by atoms with Gasteiger partial charge in [-0.05, 0) is 23.7 Å². The Morgan fingerprint density at radius 1 is 1.47 bits per heavy atom. The molecule has 0 aromatic heterocycles. The Hall–Kier alpha value is -2.64. The summed E-state index contributed by atoms with van der Waals surface area (Å²) < 4.78 is 9.76. The molecule has 1 aromatic carbocycles. The van der Waals surface area contributed by atoms with Gasteiger partial charge < -0.3 is 9.47 Å². The molecule has 0 saturated heterocycles. The lowest BCUT2D eigenvalue weighted by Crippen LogP contribution is -2.04. The van der Waals surface area contributed by atoms with Gasteiger partial charge in [-0.1, -0.05) is 17.0 Å². The Labute approximate surface area is 111 Å². The van der Waals surface area contributed by atoms with Gasteiger partial charge >= 0.3 is 5.97 Å². The van der Waals surface area contributed by atoms with Crippen molar-refractivity contribution in [1.82, 2.24) is 0 Å². The van der Waals surface area contributed by atoms with Crippen molar-refractivity contribution < 1.29 is 14.3 Å². The molecule has 6 nitrogen and oxygen atoms in total. The maximum Gasteiger partial charge on any atom is 0.341 e. The van der Waals surface area contributed by atoms with Crippen molar-refractivity contribution in [1.29, 1.82) is 0 Å². The fraction of sp³-hybridized carbons (Fsp3) is 0.308. The Bertz CT molecular complexity index is 566. The van der Waals surface area contributed by atoms with Gasteiger partial charge in [-0.25, -0.2) is 4.79 Å². The summed E-state index contributed by atoms with van der Waals surface area (Å²) in [6, 6.07) is 4.96. The number of nitrogens with zero attached hydrogens (tertiary/aromatic N) is 3. The van der Waals surface area contributed by atoms with Crippen LogP contribution in [0.2, 0.25) is 0 Å². The van der Waals surface area contributed by atoms with E-state index in [0.717, 1.165) is 0 Å². The molecule has 98 valence electrons. The number of ether oxygens (including phenoxy) is 2. The lowest BCUT2D eigenvalue weighted by molar-refractivity contribution is 0.0597. The SMILES string of the molecule is COC(=O)c1ccc(C#CCCN=[N+]=[N-])cc1OC. The predicted octanol–water partition coefficient (Wildman–Crippen LogP) is 2.53. The molecule has 1 aromatic rings. The fourth-order valence-corrected chi connectivity index (χ4v) is 1.36. The van der Waals surface area contributed by atoms with Crippen molar-refractivity contribution in [3.63, 3.8) is 0 Å². The molecule has 0 aliphatic rings. The molecule has 0 radical (unpaired) electrons. The van der Waals surface area contributed by atoms with E-state index >= 15 is 0 Å². The molecule has 6 heteroatoms. The van der Waals surface area contributed by atoms with Crippen LogP contribution < -0.4 is 4.74 Å². The zero-order valence-electron chi connectivity index (χ0n) is 10.7. The van der Waals surface area contributed by atoms with Crippen LogP contribution in [0.1, 0.15) is 22.3 Å². The molecule has 0 aliphatic heterocycles. The highest BCUT2D eigenvalue weighted by atomic mass is 16.5. The highest BCUT2D eigenvalue weighted by molar-refractivity contribution is 5.92. The molecule has 0 bridgehead atoms. The topological polar surface area (TPSA) is 84.3 Å². The first kappa shape index (κ1) is 14.4. The highest BCUT2D eigenvalue weighted by Crippen LogP contribution is 2.20. The standard InChI is InChI=1S/C13H13N3O3/c1-18-12-9-10(5-3-4-8-15-16-14)6-7-11(12)13(17)19-2/h6-7,9H,4,8H2,1-2H3. The van der Waals surface area contributed by atoms with Gasteiger partial charge in [-0.15, -0.1) is 0 Å². The summed E-state index contributed by atoms with van der Waals surface area (Å²) in [5.41, 5.74) is 9.17. The van der Waals surface area contributed by atoms with Crippen LogP contribution in [0.25, 0.3) is 10.4 Å². The summed E-state index contributed by atoms with van der Waals surface area (Å²) in [7, 11) is 2.78. The minimum Gasteiger partial charge on any atom is -0.496 e. The first-order valence-corrected chi connectivity index (χ1v) is 5.49. The molecule has 0 atom stereocenters. The normalized spacial score (nSPS) is 8.74. The smallest absolute Gasteiger partial charge is 0.341 e. The lowest BCUT2D eigenvalue weighted by atomic mass is 10.1. The molecule has 0 N–H and O–H groups in total. The van der Waals surface area contributed by atoms with Crippen LogP contribution in [-0.4, -0.2) is 26.7 Å². The molecule has 0 amide bonds. The molecule has 0 fully saturated rings. The van der Waals surface area contributed by atoms with E-state index in [2.05, 4.69) is 26.6 Å². The minimum atomic E-state index is -0.459. The summed E-state index contributed by atoms with van der Waals surface area (Å²) in [6.07, 6.45) is 0.477. The van der Waals surface area contributed by atoms with E-state index < -0.39 is 5.97 Å². The number of hydrogen-bond donors (Lipinski definition) is 0. The maximum atomic E-state index is 11.5.